The van der Waals surface area contributed by atoms with Crippen LogP contribution in [0, 0.1) is 17.8 Å². The van der Waals surface area contributed by atoms with E-state index in [2.05, 4.69) is 43.5 Å². The predicted octanol–water partition coefficient (Wildman–Crippen LogP) is 6.60. The fourth-order valence-electron chi connectivity index (χ4n) is 4.68. The van der Waals surface area contributed by atoms with Gasteiger partial charge in [0.1, 0.15) is 0 Å². The van der Waals surface area contributed by atoms with E-state index in [0.717, 1.165) is 23.7 Å². The summed E-state index contributed by atoms with van der Waals surface area (Å²) in [5.41, 5.74) is 2.77. The molecule has 0 unspecified atom stereocenters. The van der Waals surface area contributed by atoms with Crippen LogP contribution in [0.2, 0.25) is 0 Å². The van der Waals surface area contributed by atoms with Gasteiger partial charge in [0.2, 0.25) is 0 Å². The molecule has 22 heavy (non-hydrogen) atoms. The Hall–Kier alpha value is -1.30. The third-order valence-corrected chi connectivity index (χ3v) is 6.23. The highest BCUT2D eigenvalue weighted by molar-refractivity contribution is 5.47. The minimum Gasteiger partial charge on any atom is -0.103 e. The van der Waals surface area contributed by atoms with Gasteiger partial charge in [-0.15, -0.1) is 6.58 Å². The molecule has 1 aromatic rings. The molecule has 0 heteroatoms. The van der Waals surface area contributed by atoms with Gasteiger partial charge in [-0.1, -0.05) is 43.0 Å². The van der Waals surface area contributed by atoms with E-state index in [0.29, 0.717) is 0 Å². The molecule has 118 valence electrons. The summed E-state index contributed by atoms with van der Waals surface area (Å²) < 4.78 is 0. The van der Waals surface area contributed by atoms with Gasteiger partial charge in [-0.3, -0.25) is 0 Å². The van der Waals surface area contributed by atoms with Crippen molar-refractivity contribution in [3.63, 3.8) is 0 Å². The van der Waals surface area contributed by atoms with Crippen LogP contribution in [-0.4, -0.2) is 0 Å². The van der Waals surface area contributed by atoms with E-state index in [4.69, 9.17) is 0 Å². The summed E-state index contributed by atoms with van der Waals surface area (Å²) in [5, 5.41) is 0. The van der Waals surface area contributed by atoms with Gasteiger partial charge in [0.25, 0.3) is 0 Å². The predicted molar refractivity (Wildman–Crippen MR) is 96.9 cm³/mol. The molecule has 2 fully saturated rings. The SMILES string of the molecule is C=Cc1ccc(C2CCC(C3CCC(C=C)CC3)CC2)cc1. The number of benzene rings is 1. The zero-order chi connectivity index (χ0) is 15.4. The summed E-state index contributed by atoms with van der Waals surface area (Å²) in [4.78, 5) is 0. The molecule has 0 heterocycles. The topological polar surface area (TPSA) is 0 Å². The van der Waals surface area contributed by atoms with Crippen molar-refractivity contribution < 1.29 is 0 Å². The zero-order valence-corrected chi connectivity index (χ0v) is 13.8. The van der Waals surface area contributed by atoms with Crippen LogP contribution in [0.5, 0.6) is 0 Å². The molecule has 0 nitrogen and oxygen atoms in total. The van der Waals surface area contributed by atoms with Crippen molar-refractivity contribution in [1.29, 1.82) is 0 Å². The van der Waals surface area contributed by atoms with E-state index in [1.54, 1.807) is 5.56 Å². The molecule has 1 aromatic carbocycles. The average molecular weight is 294 g/mol. The van der Waals surface area contributed by atoms with E-state index in [-0.39, 0.29) is 0 Å². The molecule has 2 aliphatic carbocycles. The van der Waals surface area contributed by atoms with Gasteiger partial charge < -0.3 is 0 Å². The van der Waals surface area contributed by atoms with Crippen LogP contribution < -0.4 is 0 Å². The Kier molecular flexibility index (Phi) is 5.18. The maximum atomic E-state index is 3.97. The molecule has 2 aliphatic rings. The first-order valence-electron chi connectivity index (χ1n) is 9.15. The van der Waals surface area contributed by atoms with Crippen LogP contribution in [0.4, 0.5) is 0 Å². The number of hydrogen-bond acceptors (Lipinski definition) is 0. The Labute approximate surface area is 136 Å². The number of hydrogen-bond donors (Lipinski definition) is 0. The maximum absolute atomic E-state index is 3.97. The standard InChI is InChI=1S/C22H30/c1-3-17-5-9-19(10-6-17)21-13-15-22(16-14-21)20-11-7-18(4-2)8-12-20/h3-6,9-10,18,20-22H,1-2,7-8,11-16H2. The highest BCUT2D eigenvalue weighted by Gasteiger charge is 2.30. The Morgan fingerprint density at radius 2 is 1.27 bits per heavy atom. The first kappa shape index (κ1) is 15.6. The minimum absolute atomic E-state index is 0.791. The minimum atomic E-state index is 0.791. The summed E-state index contributed by atoms with van der Waals surface area (Å²) in [6, 6.07) is 9.06. The van der Waals surface area contributed by atoms with E-state index < -0.39 is 0 Å². The monoisotopic (exact) mass is 294 g/mol. The molecular weight excluding hydrogens is 264 g/mol. The van der Waals surface area contributed by atoms with Gasteiger partial charge in [-0.05, 0) is 86.2 Å². The highest BCUT2D eigenvalue weighted by Crippen LogP contribution is 2.43. The van der Waals surface area contributed by atoms with Crippen molar-refractivity contribution in [2.45, 2.75) is 57.3 Å². The summed E-state index contributed by atoms with van der Waals surface area (Å²) in [5.74, 6) is 3.59. The first-order chi connectivity index (χ1) is 10.8. The third kappa shape index (κ3) is 3.54. The lowest BCUT2D eigenvalue weighted by Crippen LogP contribution is -2.25. The maximum Gasteiger partial charge on any atom is -0.0162 e. The summed E-state index contributed by atoms with van der Waals surface area (Å²) in [6.07, 6.45) is 15.4. The summed E-state index contributed by atoms with van der Waals surface area (Å²) in [6.45, 7) is 7.81. The molecule has 2 saturated carbocycles. The molecule has 0 amide bonds. The van der Waals surface area contributed by atoms with Crippen molar-refractivity contribution in [2.24, 2.45) is 17.8 Å². The van der Waals surface area contributed by atoms with Crippen molar-refractivity contribution in [3.8, 4) is 0 Å². The lowest BCUT2D eigenvalue weighted by molar-refractivity contribution is 0.171. The summed E-state index contributed by atoms with van der Waals surface area (Å²) in [7, 11) is 0. The first-order valence-corrected chi connectivity index (χ1v) is 9.15. The van der Waals surface area contributed by atoms with Gasteiger partial charge in [-0.25, -0.2) is 0 Å². The lowest BCUT2D eigenvalue weighted by Gasteiger charge is -2.37. The second kappa shape index (κ2) is 7.31. The molecule has 0 N–H and O–H groups in total. The van der Waals surface area contributed by atoms with Crippen molar-refractivity contribution >= 4 is 6.08 Å². The smallest absolute Gasteiger partial charge is 0.0162 e. The average Bonchev–Trinajstić information content (AvgIpc) is 2.62. The van der Waals surface area contributed by atoms with Crippen LogP contribution in [0.25, 0.3) is 6.08 Å². The third-order valence-electron chi connectivity index (χ3n) is 6.23. The highest BCUT2D eigenvalue weighted by atomic mass is 14.4. The van der Waals surface area contributed by atoms with Crippen molar-refractivity contribution in [2.75, 3.05) is 0 Å². The Bertz CT molecular complexity index is 479. The molecular formula is C22H30. The largest absolute Gasteiger partial charge is 0.103 e. The number of rotatable bonds is 4. The van der Waals surface area contributed by atoms with Crippen LogP contribution in [-0.2, 0) is 0 Å². The number of allylic oxidation sites excluding steroid dienone is 1. The Morgan fingerprint density at radius 1 is 0.727 bits per heavy atom. The second-order valence-corrected chi connectivity index (χ2v) is 7.39. The fraction of sp³-hybridized carbons (Fsp3) is 0.545. The van der Waals surface area contributed by atoms with Gasteiger partial charge in [0.05, 0.1) is 0 Å². The quantitative estimate of drug-likeness (QED) is 0.549. The van der Waals surface area contributed by atoms with Crippen molar-refractivity contribution in [3.05, 3.63) is 54.6 Å². The van der Waals surface area contributed by atoms with Crippen molar-refractivity contribution in [1.82, 2.24) is 0 Å². The van der Waals surface area contributed by atoms with E-state index >= 15 is 0 Å². The lowest BCUT2D eigenvalue weighted by atomic mass is 9.68. The molecule has 0 aromatic heterocycles. The Balaban J connectivity index is 1.51. The molecule has 0 saturated heterocycles. The van der Waals surface area contributed by atoms with Crippen LogP contribution in [0.3, 0.4) is 0 Å². The van der Waals surface area contributed by atoms with Gasteiger partial charge in [0.15, 0.2) is 0 Å². The van der Waals surface area contributed by atoms with E-state index in [1.807, 2.05) is 6.08 Å². The summed E-state index contributed by atoms with van der Waals surface area (Å²) >= 11 is 0. The molecule has 0 atom stereocenters. The van der Waals surface area contributed by atoms with Crippen LogP contribution >= 0.6 is 0 Å². The fourth-order valence-corrected chi connectivity index (χ4v) is 4.68. The van der Waals surface area contributed by atoms with Gasteiger partial charge in [0, 0.05) is 0 Å². The van der Waals surface area contributed by atoms with Crippen LogP contribution in [0.15, 0.2) is 43.5 Å². The van der Waals surface area contributed by atoms with E-state index in [9.17, 15) is 0 Å². The second-order valence-electron chi connectivity index (χ2n) is 7.39. The molecule has 0 spiro atoms. The van der Waals surface area contributed by atoms with Gasteiger partial charge in [-0.2, -0.15) is 0 Å². The molecule has 0 aliphatic heterocycles. The van der Waals surface area contributed by atoms with Gasteiger partial charge >= 0.3 is 0 Å². The zero-order valence-electron chi connectivity index (χ0n) is 13.8. The normalized spacial score (nSPS) is 32.4. The molecule has 3 rings (SSSR count). The molecule has 0 bridgehead atoms. The molecule has 0 radical (unpaired) electrons. The Morgan fingerprint density at radius 3 is 1.77 bits per heavy atom. The van der Waals surface area contributed by atoms with Crippen LogP contribution in [0.1, 0.15) is 68.4 Å². The van der Waals surface area contributed by atoms with E-state index in [1.165, 1.54) is 56.9 Å².